The molecule has 14 heteroatoms. The summed E-state index contributed by atoms with van der Waals surface area (Å²) < 4.78 is 16.4. The Labute approximate surface area is 189 Å². The summed E-state index contributed by atoms with van der Waals surface area (Å²) in [5.41, 5.74) is 4.12. The van der Waals surface area contributed by atoms with Crippen LogP contribution in [0.1, 0.15) is 20.3 Å². The number of carbonyl (C=O) groups is 2. The van der Waals surface area contributed by atoms with Gasteiger partial charge in [-0.25, -0.2) is 9.59 Å². The molecule has 33 heavy (non-hydrogen) atoms. The lowest BCUT2D eigenvalue weighted by molar-refractivity contribution is -0.262. The Morgan fingerprint density at radius 3 is 2.21 bits per heavy atom. The fourth-order valence-electron chi connectivity index (χ4n) is 4.10. The Morgan fingerprint density at radius 2 is 1.73 bits per heavy atom. The summed E-state index contributed by atoms with van der Waals surface area (Å²) in [6.45, 7) is 1.57. The minimum atomic E-state index is -1.92. The number of carboxylic acids is 2. The third-order valence-corrected chi connectivity index (χ3v) is 6.28. The second kappa shape index (κ2) is 10.9. The standard InChI is InChI=1S/C19H33NO13/c1-6(2)19(18(29)30)3-7(22)10(20)15(33-19)14(8(23)4-21)31-5-9-11(24)12(25)13(26)16(32-9)17(27)28/h6-16,21-26H,3-5,20H2,1-2H3,(H,27,28)(H,29,30)/t7-,8+,9-,10+,11-,12+,13-,14+,15+,16-,19-/m0/s1. The van der Waals surface area contributed by atoms with Crippen LogP contribution in [0, 0.1) is 5.92 Å². The summed E-state index contributed by atoms with van der Waals surface area (Å²) in [4.78, 5) is 23.3. The number of aliphatic hydroxyl groups excluding tert-OH is 6. The lowest BCUT2D eigenvalue weighted by Crippen LogP contribution is -2.67. The van der Waals surface area contributed by atoms with Gasteiger partial charge < -0.3 is 60.8 Å². The highest BCUT2D eigenvalue weighted by molar-refractivity contribution is 5.78. The van der Waals surface area contributed by atoms with E-state index in [1.807, 2.05) is 0 Å². The molecular weight excluding hydrogens is 450 g/mol. The van der Waals surface area contributed by atoms with Crippen LogP contribution in [-0.2, 0) is 23.8 Å². The Morgan fingerprint density at radius 1 is 1.12 bits per heavy atom. The van der Waals surface area contributed by atoms with E-state index >= 15 is 0 Å². The van der Waals surface area contributed by atoms with Gasteiger partial charge in [0.1, 0.15) is 42.7 Å². The fraction of sp³-hybridized carbons (Fsp3) is 0.895. The topological polar surface area (TPSA) is 250 Å². The van der Waals surface area contributed by atoms with Crippen molar-refractivity contribution in [2.45, 2.75) is 86.8 Å². The van der Waals surface area contributed by atoms with Gasteiger partial charge in [-0.3, -0.25) is 0 Å². The molecule has 0 aromatic rings. The van der Waals surface area contributed by atoms with E-state index in [1.54, 1.807) is 13.8 Å². The molecule has 2 aliphatic rings. The second-order valence-corrected chi connectivity index (χ2v) is 8.73. The summed E-state index contributed by atoms with van der Waals surface area (Å²) in [6.07, 6.45) is -15.3. The van der Waals surface area contributed by atoms with Crippen molar-refractivity contribution < 1.29 is 64.7 Å². The molecule has 14 nitrogen and oxygen atoms in total. The summed E-state index contributed by atoms with van der Waals surface area (Å²) in [5.74, 6) is -3.62. The van der Waals surface area contributed by atoms with Crippen LogP contribution in [0.3, 0.4) is 0 Å². The lowest BCUT2D eigenvalue weighted by atomic mass is 9.78. The first-order chi connectivity index (χ1) is 15.3. The first-order valence-corrected chi connectivity index (χ1v) is 10.5. The third kappa shape index (κ3) is 5.45. The minimum Gasteiger partial charge on any atom is -0.479 e. The molecule has 10 N–H and O–H groups in total. The normalized spacial score (nSPS) is 41.5. The van der Waals surface area contributed by atoms with Crippen molar-refractivity contribution in [1.29, 1.82) is 0 Å². The first kappa shape index (κ1) is 27.8. The van der Waals surface area contributed by atoms with Crippen molar-refractivity contribution in [3.63, 3.8) is 0 Å². The van der Waals surface area contributed by atoms with Crippen LogP contribution in [-0.4, -0.2) is 133 Å². The molecule has 0 amide bonds. The number of hydrogen-bond acceptors (Lipinski definition) is 12. The van der Waals surface area contributed by atoms with Gasteiger partial charge in [-0.05, 0) is 5.92 Å². The lowest BCUT2D eigenvalue weighted by Gasteiger charge is -2.48. The molecule has 11 atom stereocenters. The van der Waals surface area contributed by atoms with Gasteiger partial charge >= 0.3 is 11.9 Å². The van der Waals surface area contributed by atoms with Gasteiger partial charge in [0.2, 0.25) is 0 Å². The molecule has 192 valence electrons. The van der Waals surface area contributed by atoms with E-state index in [-0.39, 0.29) is 6.42 Å². The number of ether oxygens (including phenoxy) is 3. The van der Waals surface area contributed by atoms with Gasteiger partial charge in [0, 0.05) is 6.42 Å². The number of aliphatic carboxylic acids is 2. The maximum Gasteiger partial charge on any atom is 0.336 e. The van der Waals surface area contributed by atoms with Crippen LogP contribution in [0.2, 0.25) is 0 Å². The SMILES string of the molecule is CC(C)[C@]1(C(=O)O)C[C@H](O)[C@@H](N)[C@H]([C@H](OC[C@@H]2O[C@H](C(=O)O)[C@@H](O)[C@H](O)[C@H]2O)[C@H](O)CO)O1. The van der Waals surface area contributed by atoms with E-state index in [4.69, 9.17) is 25.1 Å². The molecule has 2 heterocycles. The summed E-state index contributed by atoms with van der Waals surface area (Å²) >= 11 is 0. The largest absolute Gasteiger partial charge is 0.479 e. The van der Waals surface area contributed by atoms with Crippen molar-refractivity contribution in [3.8, 4) is 0 Å². The highest BCUT2D eigenvalue weighted by Crippen LogP contribution is 2.37. The van der Waals surface area contributed by atoms with E-state index in [9.17, 15) is 45.3 Å². The zero-order valence-electron chi connectivity index (χ0n) is 18.2. The maximum atomic E-state index is 12.0. The van der Waals surface area contributed by atoms with Gasteiger partial charge in [-0.1, -0.05) is 13.8 Å². The van der Waals surface area contributed by atoms with Crippen molar-refractivity contribution in [2.24, 2.45) is 11.7 Å². The average molecular weight is 483 g/mol. The smallest absolute Gasteiger partial charge is 0.336 e. The van der Waals surface area contributed by atoms with E-state index in [0.717, 1.165) is 0 Å². The van der Waals surface area contributed by atoms with Crippen LogP contribution in [0.5, 0.6) is 0 Å². The van der Waals surface area contributed by atoms with E-state index < -0.39 is 97.6 Å². The quantitative estimate of drug-likeness (QED) is 0.150. The van der Waals surface area contributed by atoms with Crippen LogP contribution >= 0.6 is 0 Å². The molecule has 0 aliphatic carbocycles. The van der Waals surface area contributed by atoms with Crippen molar-refractivity contribution >= 4 is 11.9 Å². The Hall–Kier alpha value is -1.46. The fourth-order valence-corrected chi connectivity index (χ4v) is 4.10. The molecule has 0 aromatic heterocycles. The number of rotatable bonds is 9. The summed E-state index contributed by atoms with van der Waals surface area (Å²) in [7, 11) is 0. The van der Waals surface area contributed by atoms with E-state index in [2.05, 4.69) is 0 Å². The van der Waals surface area contributed by atoms with Gasteiger partial charge in [-0.15, -0.1) is 0 Å². The number of aliphatic hydroxyl groups is 6. The predicted molar refractivity (Wildman–Crippen MR) is 106 cm³/mol. The monoisotopic (exact) mass is 483 g/mol. The predicted octanol–water partition coefficient (Wildman–Crippen LogP) is -4.38. The summed E-state index contributed by atoms with van der Waals surface area (Å²) in [5, 5.41) is 79.1. The first-order valence-electron chi connectivity index (χ1n) is 10.5. The zero-order chi connectivity index (χ0) is 25.2. The molecule has 2 fully saturated rings. The number of carboxylic acid groups (broad SMARTS) is 2. The number of hydrogen-bond donors (Lipinski definition) is 9. The Balaban J connectivity index is 2.28. The zero-order valence-corrected chi connectivity index (χ0v) is 18.2. The van der Waals surface area contributed by atoms with Crippen molar-refractivity contribution in [1.82, 2.24) is 0 Å². The molecule has 0 aromatic carbocycles. The second-order valence-electron chi connectivity index (χ2n) is 8.73. The van der Waals surface area contributed by atoms with Gasteiger partial charge in [0.05, 0.1) is 25.4 Å². The average Bonchev–Trinajstić information content (AvgIpc) is 2.75. The highest BCUT2D eigenvalue weighted by atomic mass is 16.6. The molecule has 0 radical (unpaired) electrons. The highest BCUT2D eigenvalue weighted by Gasteiger charge is 2.55. The molecular formula is C19H33NO13. The van der Waals surface area contributed by atoms with Gasteiger partial charge in [-0.2, -0.15) is 0 Å². The molecule has 2 aliphatic heterocycles. The van der Waals surface area contributed by atoms with E-state index in [0.29, 0.717) is 0 Å². The molecule has 0 saturated carbocycles. The molecule has 2 saturated heterocycles. The Bertz CT molecular complexity index is 693. The maximum absolute atomic E-state index is 12.0. The van der Waals surface area contributed by atoms with Gasteiger partial charge in [0.25, 0.3) is 0 Å². The van der Waals surface area contributed by atoms with Crippen LogP contribution in [0.4, 0.5) is 0 Å². The molecule has 0 spiro atoms. The van der Waals surface area contributed by atoms with Gasteiger partial charge in [0.15, 0.2) is 11.7 Å². The van der Waals surface area contributed by atoms with Crippen molar-refractivity contribution in [3.05, 3.63) is 0 Å². The van der Waals surface area contributed by atoms with Crippen LogP contribution in [0.15, 0.2) is 0 Å². The molecule has 0 unspecified atom stereocenters. The summed E-state index contributed by atoms with van der Waals surface area (Å²) in [6, 6.07) is -1.24. The Kier molecular flexibility index (Phi) is 9.14. The minimum absolute atomic E-state index is 0.339. The van der Waals surface area contributed by atoms with E-state index in [1.165, 1.54) is 0 Å². The number of nitrogens with two attached hydrogens (primary N) is 1. The van der Waals surface area contributed by atoms with Crippen LogP contribution in [0.25, 0.3) is 0 Å². The molecule has 0 bridgehead atoms. The van der Waals surface area contributed by atoms with Crippen molar-refractivity contribution in [2.75, 3.05) is 13.2 Å². The third-order valence-electron chi connectivity index (χ3n) is 6.28. The molecule has 2 rings (SSSR count). The van der Waals surface area contributed by atoms with Crippen LogP contribution < -0.4 is 5.73 Å².